The van der Waals surface area contributed by atoms with Crippen LogP contribution in [0.15, 0.2) is 36.4 Å². The maximum atomic E-state index is 12.3. The van der Waals surface area contributed by atoms with Gasteiger partial charge in [0.2, 0.25) is 11.8 Å². The summed E-state index contributed by atoms with van der Waals surface area (Å²) in [5.74, 6) is 0.204. The molecule has 1 aliphatic heterocycles. The molecule has 1 atom stereocenters. The normalized spacial score (nSPS) is 15.6. The van der Waals surface area contributed by atoms with Crippen molar-refractivity contribution in [3.8, 4) is 5.75 Å². The first-order valence-electron chi connectivity index (χ1n) is 8.09. The Morgan fingerprint density at radius 3 is 2.60 bits per heavy atom. The zero-order chi connectivity index (χ0) is 18.0. The Labute approximate surface area is 146 Å². The van der Waals surface area contributed by atoms with E-state index in [1.54, 1.807) is 31.4 Å². The van der Waals surface area contributed by atoms with E-state index in [2.05, 4.69) is 16.0 Å². The number of carbonyl (C=O) groups is 2. The van der Waals surface area contributed by atoms with Gasteiger partial charge in [-0.25, -0.2) is 0 Å². The first-order chi connectivity index (χ1) is 12.0. The van der Waals surface area contributed by atoms with E-state index in [1.807, 2.05) is 26.0 Å². The Kier molecular flexibility index (Phi) is 4.61. The van der Waals surface area contributed by atoms with Crippen molar-refractivity contribution in [2.24, 2.45) is 0 Å². The lowest BCUT2D eigenvalue weighted by molar-refractivity contribution is -0.122. The summed E-state index contributed by atoms with van der Waals surface area (Å²) < 4.78 is 5.14. The monoisotopic (exact) mass is 339 g/mol. The van der Waals surface area contributed by atoms with Crippen molar-refractivity contribution in [3.05, 3.63) is 47.5 Å². The van der Waals surface area contributed by atoms with Crippen molar-refractivity contribution >= 4 is 28.9 Å². The number of nitrogens with one attached hydrogen (secondary N) is 3. The molecule has 2 aromatic carbocycles. The van der Waals surface area contributed by atoms with Gasteiger partial charge in [0.15, 0.2) is 0 Å². The molecule has 130 valence electrons. The summed E-state index contributed by atoms with van der Waals surface area (Å²) in [6.07, 6.45) is 0.0371. The molecule has 0 saturated heterocycles. The Balaban J connectivity index is 1.68. The summed E-state index contributed by atoms with van der Waals surface area (Å²) in [6, 6.07) is 10.4. The predicted molar refractivity (Wildman–Crippen MR) is 98.2 cm³/mol. The zero-order valence-electron chi connectivity index (χ0n) is 14.5. The van der Waals surface area contributed by atoms with E-state index in [1.165, 1.54) is 0 Å². The Hall–Kier alpha value is -3.02. The van der Waals surface area contributed by atoms with Crippen LogP contribution in [-0.4, -0.2) is 25.0 Å². The molecule has 0 unspecified atom stereocenters. The van der Waals surface area contributed by atoms with E-state index in [0.29, 0.717) is 11.4 Å². The second-order valence-corrected chi connectivity index (χ2v) is 6.15. The molecular weight excluding hydrogens is 318 g/mol. The fourth-order valence-electron chi connectivity index (χ4n) is 2.75. The lowest BCUT2D eigenvalue weighted by Crippen LogP contribution is -2.41. The van der Waals surface area contributed by atoms with Crippen LogP contribution in [0.2, 0.25) is 0 Å². The summed E-state index contributed by atoms with van der Waals surface area (Å²) in [5, 5.41) is 8.81. The molecule has 1 heterocycles. The third-order valence-electron chi connectivity index (χ3n) is 4.28. The van der Waals surface area contributed by atoms with E-state index < -0.39 is 6.04 Å². The van der Waals surface area contributed by atoms with E-state index in [0.717, 1.165) is 22.5 Å². The first kappa shape index (κ1) is 16.8. The fourth-order valence-corrected chi connectivity index (χ4v) is 2.75. The van der Waals surface area contributed by atoms with Crippen LogP contribution in [0.3, 0.4) is 0 Å². The van der Waals surface area contributed by atoms with Crippen molar-refractivity contribution < 1.29 is 14.3 Å². The molecule has 0 saturated carbocycles. The molecule has 3 rings (SSSR count). The molecule has 0 radical (unpaired) electrons. The van der Waals surface area contributed by atoms with E-state index >= 15 is 0 Å². The van der Waals surface area contributed by atoms with E-state index in [4.69, 9.17) is 4.74 Å². The van der Waals surface area contributed by atoms with Gasteiger partial charge in [-0.15, -0.1) is 0 Å². The zero-order valence-corrected chi connectivity index (χ0v) is 14.5. The van der Waals surface area contributed by atoms with Crippen molar-refractivity contribution in [2.75, 3.05) is 23.1 Å². The number of fused-ring (bicyclic) bond motifs is 1. The number of carbonyl (C=O) groups excluding carboxylic acids is 2. The van der Waals surface area contributed by atoms with Gasteiger partial charge in [-0.1, -0.05) is 6.07 Å². The summed E-state index contributed by atoms with van der Waals surface area (Å²) in [5.41, 5.74) is 4.45. The van der Waals surface area contributed by atoms with Crippen molar-refractivity contribution in [1.29, 1.82) is 0 Å². The number of aryl methyl sites for hydroxylation is 2. The average molecular weight is 339 g/mol. The molecule has 6 heteroatoms. The van der Waals surface area contributed by atoms with E-state index in [9.17, 15) is 9.59 Å². The molecule has 6 nitrogen and oxygen atoms in total. The molecule has 0 bridgehead atoms. The number of methoxy groups -OCH3 is 1. The molecule has 0 aliphatic carbocycles. The van der Waals surface area contributed by atoms with Crippen LogP contribution in [0, 0.1) is 13.8 Å². The van der Waals surface area contributed by atoms with Gasteiger partial charge in [-0.3, -0.25) is 9.59 Å². The van der Waals surface area contributed by atoms with Gasteiger partial charge in [0.25, 0.3) is 0 Å². The number of benzene rings is 2. The van der Waals surface area contributed by atoms with Gasteiger partial charge in [0.1, 0.15) is 11.8 Å². The standard InChI is InChI=1S/C19H21N3O3/c1-11-7-15-16(8-12(11)2)22-19(24)17(21-15)10-18(23)20-13-5-4-6-14(9-13)25-3/h4-9,17,21H,10H2,1-3H3,(H,20,23)(H,22,24)/t17-/m1/s1. The van der Waals surface area contributed by atoms with Gasteiger partial charge in [0.05, 0.1) is 24.9 Å². The van der Waals surface area contributed by atoms with Crippen LogP contribution in [-0.2, 0) is 9.59 Å². The summed E-state index contributed by atoms with van der Waals surface area (Å²) in [7, 11) is 1.57. The van der Waals surface area contributed by atoms with Crippen molar-refractivity contribution in [1.82, 2.24) is 0 Å². The minimum atomic E-state index is -0.611. The first-order valence-corrected chi connectivity index (χ1v) is 8.09. The highest BCUT2D eigenvalue weighted by Crippen LogP contribution is 2.30. The molecular formula is C19H21N3O3. The number of rotatable bonds is 4. The van der Waals surface area contributed by atoms with Gasteiger partial charge < -0.3 is 20.7 Å². The Morgan fingerprint density at radius 1 is 1.16 bits per heavy atom. The van der Waals surface area contributed by atoms with Gasteiger partial charge >= 0.3 is 0 Å². The molecule has 25 heavy (non-hydrogen) atoms. The van der Waals surface area contributed by atoms with Crippen LogP contribution in [0.25, 0.3) is 0 Å². The topological polar surface area (TPSA) is 79.5 Å². The Bertz CT molecular complexity index is 833. The second-order valence-electron chi connectivity index (χ2n) is 6.15. The maximum absolute atomic E-state index is 12.3. The quantitative estimate of drug-likeness (QED) is 0.800. The van der Waals surface area contributed by atoms with Crippen molar-refractivity contribution in [3.63, 3.8) is 0 Å². The van der Waals surface area contributed by atoms with E-state index in [-0.39, 0.29) is 18.2 Å². The number of amides is 2. The summed E-state index contributed by atoms with van der Waals surface area (Å²) >= 11 is 0. The minimum Gasteiger partial charge on any atom is -0.497 e. The molecule has 1 aliphatic rings. The fraction of sp³-hybridized carbons (Fsp3) is 0.263. The molecule has 3 N–H and O–H groups in total. The predicted octanol–water partition coefficient (Wildman–Crippen LogP) is 3.07. The van der Waals surface area contributed by atoms with Crippen LogP contribution in [0.5, 0.6) is 5.75 Å². The summed E-state index contributed by atoms with van der Waals surface area (Å²) in [4.78, 5) is 24.6. The van der Waals surface area contributed by atoms with Crippen LogP contribution in [0.1, 0.15) is 17.5 Å². The van der Waals surface area contributed by atoms with Gasteiger partial charge in [-0.2, -0.15) is 0 Å². The second kappa shape index (κ2) is 6.84. The summed E-state index contributed by atoms with van der Waals surface area (Å²) in [6.45, 7) is 4.01. The number of hydrogen-bond acceptors (Lipinski definition) is 4. The number of ether oxygens (including phenoxy) is 1. The maximum Gasteiger partial charge on any atom is 0.247 e. The van der Waals surface area contributed by atoms with Gasteiger partial charge in [0, 0.05) is 11.8 Å². The highest BCUT2D eigenvalue weighted by molar-refractivity contribution is 6.06. The molecule has 2 aromatic rings. The molecule has 0 fully saturated rings. The number of hydrogen-bond donors (Lipinski definition) is 3. The minimum absolute atomic E-state index is 0.0371. The Morgan fingerprint density at radius 2 is 1.88 bits per heavy atom. The lowest BCUT2D eigenvalue weighted by atomic mass is 10.0. The van der Waals surface area contributed by atoms with Crippen molar-refractivity contribution in [2.45, 2.75) is 26.3 Å². The molecule has 2 amide bonds. The van der Waals surface area contributed by atoms with Crippen LogP contribution < -0.4 is 20.7 Å². The largest absolute Gasteiger partial charge is 0.497 e. The van der Waals surface area contributed by atoms with Gasteiger partial charge in [-0.05, 0) is 49.2 Å². The highest BCUT2D eigenvalue weighted by Gasteiger charge is 2.28. The molecule has 0 spiro atoms. The third kappa shape index (κ3) is 3.74. The SMILES string of the molecule is COc1cccc(NC(=O)C[C@H]2Nc3cc(C)c(C)cc3NC2=O)c1. The third-order valence-corrected chi connectivity index (χ3v) is 4.28. The highest BCUT2D eigenvalue weighted by atomic mass is 16.5. The molecule has 0 aromatic heterocycles. The smallest absolute Gasteiger partial charge is 0.247 e. The van der Waals surface area contributed by atoms with Crippen LogP contribution in [0.4, 0.5) is 17.1 Å². The average Bonchev–Trinajstić information content (AvgIpc) is 2.57. The number of anilines is 3. The lowest BCUT2D eigenvalue weighted by Gasteiger charge is -2.27. The van der Waals surface area contributed by atoms with Crippen LogP contribution >= 0.6 is 0 Å².